The molecule has 0 unspecified atom stereocenters. The Balaban J connectivity index is 1.70. The topological polar surface area (TPSA) is 84.2 Å². The minimum Gasteiger partial charge on any atom is -0.361 e. The van der Waals surface area contributed by atoms with Crippen molar-refractivity contribution >= 4 is 23.2 Å². The number of carbonyl (C=O) groups is 1. The van der Waals surface area contributed by atoms with Gasteiger partial charge in [-0.3, -0.25) is 4.79 Å². The summed E-state index contributed by atoms with van der Waals surface area (Å²) in [5.41, 5.74) is 2.77. The van der Waals surface area contributed by atoms with Crippen LogP contribution in [0.2, 0.25) is 0 Å². The number of hydrogen-bond acceptors (Lipinski definition) is 5. The molecule has 7 heteroatoms. The van der Waals surface area contributed by atoms with Gasteiger partial charge >= 0.3 is 0 Å². The Kier molecular flexibility index (Phi) is 4.18. The number of hydrogen-bond donors (Lipinski definition) is 2. The molecule has 0 radical (unpaired) electrons. The van der Waals surface area contributed by atoms with Gasteiger partial charge in [0.05, 0.1) is 6.54 Å². The predicted molar refractivity (Wildman–Crippen MR) is 88.5 cm³/mol. The van der Waals surface area contributed by atoms with E-state index in [9.17, 15) is 4.79 Å². The second-order valence-electron chi connectivity index (χ2n) is 5.17. The molecule has 0 saturated heterocycles. The lowest BCUT2D eigenvalue weighted by atomic mass is 10.1. The third kappa shape index (κ3) is 3.28. The van der Waals surface area contributed by atoms with Crippen LogP contribution in [0.5, 0.6) is 0 Å². The van der Waals surface area contributed by atoms with Gasteiger partial charge in [0.15, 0.2) is 0 Å². The van der Waals surface area contributed by atoms with Gasteiger partial charge in [0.2, 0.25) is 5.91 Å². The normalized spacial score (nSPS) is 10.7. The number of aryl methyl sites for hydroxylation is 2. The van der Waals surface area contributed by atoms with E-state index in [1.807, 2.05) is 37.3 Å². The molecule has 7 nitrogen and oxygen atoms in total. The number of carbonyl (C=O) groups excluding carboxylic acids is 1. The maximum absolute atomic E-state index is 12.2. The van der Waals surface area contributed by atoms with Gasteiger partial charge < -0.3 is 10.6 Å². The molecular weight excluding hydrogens is 292 g/mol. The molecule has 2 aromatic heterocycles. The van der Waals surface area contributed by atoms with Crippen LogP contribution in [-0.2, 0) is 11.2 Å². The van der Waals surface area contributed by atoms with Crippen molar-refractivity contribution < 1.29 is 4.79 Å². The number of nitrogens with zero attached hydrogens (tertiary/aromatic N) is 4. The van der Waals surface area contributed by atoms with Crippen molar-refractivity contribution in [2.24, 2.45) is 0 Å². The molecule has 0 spiro atoms. The van der Waals surface area contributed by atoms with Crippen LogP contribution >= 0.6 is 0 Å². The van der Waals surface area contributed by atoms with Crippen molar-refractivity contribution in [3.05, 3.63) is 47.9 Å². The number of fused-ring (bicyclic) bond motifs is 1. The zero-order chi connectivity index (χ0) is 16.2. The van der Waals surface area contributed by atoms with Gasteiger partial charge in [0.25, 0.3) is 5.78 Å². The first-order valence-electron chi connectivity index (χ1n) is 7.46. The van der Waals surface area contributed by atoms with Gasteiger partial charge in [-0.2, -0.15) is 14.6 Å². The molecular formula is C16H18N6O. The maximum Gasteiger partial charge on any atom is 0.254 e. The van der Waals surface area contributed by atoms with E-state index in [0.717, 1.165) is 23.4 Å². The predicted octanol–water partition coefficient (Wildman–Crippen LogP) is 2.05. The molecule has 0 bridgehead atoms. The zero-order valence-corrected chi connectivity index (χ0v) is 13.1. The largest absolute Gasteiger partial charge is 0.361 e. The number of benzene rings is 1. The van der Waals surface area contributed by atoms with Gasteiger partial charge in [0.1, 0.15) is 12.1 Å². The SMILES string of the molecule is CCc1ccccc1NC(=O)CNc1cc(C)nc2ncnn12. The van der Waals surface area contributed by atoms with E-state index >= 15 is 0 Å². The Morgan fingerprint density at radius 1 is 1.30 bits per heavy atom. The summed E-state index contributed by atoms with van der Waals surface area (Å²) in [4.78, 5) is 20.5. The van der Waals surface area contributed by atoms with Gasteiger partial charge in [-0.15, -0.1) is 0 Å². The van der Waals surface area contributed by atoms with E-state index in [2.05, 4.69) is 32.6 Å². The van der Waals surface area contributed by atoms with Crippen molar-refractivity contribution in [3.63, 3.8) is 0 Å². The van der Waals surface area contributed by atoms with Crippen molar-refractivity contribution in [1.82, 2.24) is 19.6 Å². The summed E-state index contributed by atoms with van der Waals surface area (Å²) in [6.45, 7) is 4.07. The summed E-state index contributed by atoms with van der Waals surface area (Å²) in [6.07, 6.45) is 2.30. The minimum atomic E-state index is -0.117. The standard InChI is InChI=1S/C16H18N6O/c1-3-12-6-4-5-7-13(12)21-15(23)9-17-14-8-11(2)20-16-18-10-19-22(14)16/h4-8,10,17H,3,9H2,1-2H3,(H,21,23). The van der Waals surface area contributed by atoms with Crippen LogP contribution in [0.3, 0.4) is 0 Å². The van der Waals surface area contributed by atoms with Crippen molar-refractivity contribution in [2.75, 3.05) is 17.2 Å². The highest BCUT2D eigenvalue weighted by molar-refractivity contribution is 5.94. The third-order valence-corrected chi connectivity index (χ3v) is 3.48. The Bertz CT molecular complexity index is 841. The second kappa shape index (κ2) is 6.43. The number of amides is 1. The zero-order valence-electron chi connectivity index (χ0n) is 13.1. The number of anilines is 2. The highest BCUT2D eigenvalue weighted by atomic mass is 16.1. The summed E-state index contributed by atoms with van der Waals surface area (Å²) >= 11 is 0. The quantitative estimate of drug-likeness (QED) is 0.753. The number of aromatic nitrogens is 4. The van der Waals surface area contributed by atoms with Crippen LogP contribution in [0.25, 0.3) is 5.78 Å². The van der Waals surface area contributed by atoms with Crippen LogP contribution in [-0.4, -0.2) is 32.0 Å². The molecule has 0 saturated carbocycles. The fraction of sp³-hybridized carbons (Fsp3) is 0.250. The molecule has 2 N–H and O–H groups in total. The maximum atomic E-state index is 12.2. The Hall–Kier alpha value is -2.96. The van der Waals surface area contributed by atoms with E-state index in [1.54, 1.807) is 4.52 Å². The average molecular weight is 310 g/mol. The molecule has 0 atom stereocenters. The molecule has 0 aliphatic heterocycles. The number of rotatable bonds is 5. The summed E-state index contributed by atoms with van der Waals surface area (Å²) < 4.78 is 1.57. The molecule has 0 aliphatic rings. The van der Waals surface area contributed by atoms with Gasteiger partial charge in [0, 0.05) is 17.4 Å². The summed E-state index contributed by atoms with van der Waals surface area (Å²) in [6, 6.07) is 9.62. The number of para-hydroxylation sites is 1. The molecule has 1 amide bonds. The minimum absolute atomic E-state index is 0.117. The molecule has 2 heterocycles. The van der Waals surface area contributed by atoms with Crippen molar-refractivity contribution in [3.8, 4) is 0 Å². The Labute approximate surface area is 133 Å². The van der Waals surface area contributed by atoms with Gasteiger partial charge in [-0.05, 0) is 25.0 Å². The fourth-order valence-electron chi connectivity index (χ4n) is 2.37. The van der Waals surface area contributed by atoms with Crippen LogP contribution < -0.4 is 10.6 Å². The molecule has 1 aromatic carbocycles. The second-order valence-corrected chi connectivity index (χ2v) is 5.17. The highest BCUT2D eigenvalue weighted by Crippen LogP contribution is 2.15. The van der Waals surface area contributed by atoms with Crippen molar-refractivity contribution in [2.45, 2.75) is 20.3 Å². The fourth-order valence-corrected chi connectivity index (χ4v) is 2.37. The first kappa shape index (κ1) is 15.0. The molecule has 118 valence electrons. The van der Waals surface area contributed by atoms with E-state index < -0.39 is 0 Å². The van der Waals surface area contributed by atoms with Crippen LogP contribution in [0.4, 0.5) is 11.5 Å². The summed E-state index contributed by atoms with van der Waals surface area (Å²) in [7, 11) is 0. The molecule has 3 rings (SSSR count). The first-order chi connectivity index (χ1) is 11.2. The van der Waals surface area contributed by atoms with E-state index in [-0.39, 0.29) is 12.5 Å². The van der Waals surface area contributed by atoms with Crippen molar-refractivity contribution in [1.29, 1.82) is 0 Å². The van der Waals surface area contributed by atoms with E-state index in [0.29, 0.717) is 11.6 Å². The first-order valence-corrected chi connectivity index (χ1v) is 7.46. The lowest BCUT2D eigenvalue weighted by Gasteiger charge is -2.11. The molecule has 0 fully saturated rings. The lowest BCUT2D eigenvalue weighted by Crippen LogP contribution is -2.23. The summed E-state index contributed by atoms with van der Waals surface area (Å²) in [5, 5.41) is 10.1. The molecule has 0 aliphatic carbocycles. The smallest absolute Gasteiger partial charge is 0.254 e. The summed E-state index contributed by atoms with van der Waals surface area (Å²) in [5.74, 6) is 1.07. The molecule has 23 heavy (non-hydrogen) atoms. The third-order valence-electron chi connectivity index (χ3n) is 3.48. The van der Waals surface area contributed by atoms with Gasteiger partial charge in [-0.1, -0.05) is 25.1 Å². The molecule has 3 aromatic rings. The van der Waals surface area contributed by atoms with Crippen LogP contribution in [0, 0.1) is 6.92 Å². The Morgan fingerprint density at radius 2 is 2.13 bits per heavy atom. The van der Waals surface area contributed by atoms with Gasteiger partial charge in [-0.25, -0.2) is 4.98 Å². The average Bonchev–Trinajstić information content (AvgIpc) is 3.01. The van der Waals surface area contributed by atoms with E-state index in [1.165, 1.54) is 6.33 Å². The Morgan fingerprint density at radius 3 is 2.96 bits per heavy atom. The lowest BCUT2D eigenvalue weighted by molar-refractivity contribution is -0.114. The van der Waals surface area contributed by atoms with Crippen LogP contribution in [0.1, 0.15) is 18.2 Å². The van der Waals surface area contributed by atoms with E-state index in [4.69, 9.17) is 0 Å². The monoisotopic (exact) mass is 310 g/mol. The highest BCUT2D eigenvalue weighted by Gasteiger charge is 2.09. The number of nitrogens with one attached hydrogen (secondary N) is 2. The van der Waals surface area contributed by atoms with Crippen LogP contribution in [0.15, 0.2) is 36.7 Å².